The van der Waals surface area contributed by atoms with Gasteiger partial charge in [-0.1, -0.05) is 42.0 Å². The molecule has 2 aromatic carbocycles. The largest absolute Gasteiger partial charge is 0.507 e. The Morgan fingerprint density at radius 2 is 1.56 bits per heavy atom. The minimum atomic E-state index is 0.0646. The summed E-state index contributed by atoms with van der Waals surface area (Å²) in [5.41, 5.74) is 5.06. The van der Waals surface area contributed by atoms with Crippen molar-refractivity contribution in [3.63, 3.8) is 0 Å². The highest BCUT2D eigenvalue weighted by molar-refractivity contribution is 5.45. The van der Waals surface area contributed by atoms with Crippen LogP contribution in [0.2, 0.25) is 0 Å². The lowest BCUT2D eigenvalue weighted by molar-refractivity contribution is 0.282. The first-order chi connectivity index (χ1) is 8.60. The number of aryl methyl sites for hydroxylation is 2. The Bertz CT molecular complexity index is 542. The van der Waals surface area contributed by atoms with E-state index in [1.54, 1.807) is 0 Å². The van der Waals surface area contributed by atoms with Crippen molar-refractivity contribution in [1.29, 1.82) is 0 Å². The van der Waals surface area contributed by atoms with Gasteiger partial charge in [0, 0.05) is 6.42 Å². The zero-order valence-corrected chi connectivity index (χ0v) is 10.8. The maximum atomic E-state index is 10.0. The van der Waals surface area contributed by atoms with Gasteiger partial charge in [0.15, 0.2) is 0 Å². The molecule has 0 bridgehead atoms. The van der Waals surface area contributed by atoms with Crippen LogP contribution in [0, 0.1) is 13.8 Å². The second kappa shape index (κ2) is 5.23. The molecule has 2 aromatic rings. The van der Waals surface area contributed by atoms with Crippen molar-refractivity contribution in [2.75, 3.05) is 0 Å². The molecule has 0 spiro atoms. The number of hydrogen-bond donors (Lipinski definition) is 2. The lowest BCUT2D eigenvalue weighted by Gasteiger charge is -2.09. The molecule has 0 saturated carbocycles. The molecule has 0 saturated heterocycles. The monoisotopic (exact) mass is 242 g/mol. The minimum Gasteiger partial charge on any atom is -0.507 e. The average Bonchev–Trinajstić information content (AvgIpc) is 2.36. The maximum Gasteiger partial charge on any atom is 0.122 e. The Morgan fingerprint density at radius 3 is 2.17 bits per heavy atom. The van der Waals surface area contributed by atoms with Crippen LogP contribution in [0.3, 0.4) is 0 Å². The van der Waals surface area contributed by atoms with Crippen molar-refractivity contribution in [1.82, 2.24) is 0 Å². The topological polar surface area (TPSA) is 40.5 Å². The molecule has 2 heteroatoms. The third-order valence-corrected chi connectivity index (χ3v) is 3.12. The predicted molar refractivity (Wildman–Crippen MR) is 72.8 cm³/mol. The van der Waals surface area contributed by atoms with Crippen molar-refractivity contribution in [3.05, 3.63) is 64.2 Å². The lowest BCUT2D eigenvalue weighted by atomic mass is 9.99. The summed E-state index contributed by atoms with van der Waals surface area (Å²) in [6.45, 7) is 4.01. The van der Waals surface area contributed by atoms with Gasteiger partial charge in [-0.05, 0) is 36.1 Å². The molecule has 0 amide bonds. The van der Waals surface area contributed by atoms with Crippen molar-refractivity contribution < 1.29 is 10.2 Å². The minimum absolute atomic E-state index is 0.0646. The van der Waals surface area contributed by atoms with Crippen molar-refractivity contribution >= 4 is 0 Å². The summed E-state index contributed by atoms with van der Waals surface area (Å²) in [5.74, 6) is 0.381. The zero-order chi connectivity index (χ0) is 13.1. The molecule has 0 heterocycles. The number of aromatic hydroxyl groups is 1. The van der Waals surface area contributed by atoms with Gasteiger partial charge in [0.2, 0.25) is 0 Å². The summed E-state index contributed by atoms with van der Waals surface area (Å²) < 4.78 is 0. The average molecular weight is 242 g/mol. The van der Waals surface area contributed by atoms with Gasteiger partial charge >= 0.3 is 0 Å². The zero-order valence-electron chi connectivity index (χ0n) is 10.8. The van der Waals surface area contributed by atoms with E-state index in [1.165, 1.54) is 0 Å². The first kappa shape index (κ1) is 12.7. The molecule has 0 fully saturated rings. The van der Waals surface area contributed by atoms with Crippen LogP contribution in [0.4, 0.5) is 0 Å². The standard InChI is InChI=1S/C16H18O2/c1-11-7-12(2)16(18)15(8-11)9-13-3-5-14(10-17)6-4-13/h3-8,17-18H,9-10H2,1-2H3. The second-order valence-corrected chi connectivity index (χ2v) is 4.74. The number of benzene rings is 2. The fourth-order valence-corrected chi connectivity index (χ4v) is 2.17. The quantitative estimate of drug-likeness (QED) is 0.868. The van der Waals surface area contributed by atoms with E-state index in [-0.39, 0.29) is 6.61 Å². The fraction of sp³-hybridized carbons (Fsp3) is 0.250. The van der Waals surface area contributed by atoms with Gasteiger partial charge < -0.3 is 10.2 Å². The highest BCUT2D eigenvalue weighted by atomic mass is 16.3. The van der Waals surface area contributed by atoms with Gasteiger partial charge in [-0.15, -0.1) is 0 Å². The molecule has 0 unspecified atom stereocenters. The highest BCUT2D eigenvalue weighted by Gasteiger charge is 2.06. The Labute approximate surface area is 108 Å². The molecule has 2 nitrogen and oxygen atoms in total. The van der Waals surface area contributed by atoms with Gasteiger partial charge in [-0.2, -0.15) is 0 Å². The van der Waals surface area contributed by atoms with E-state index in [0.29, 0.717) is 12.2 Å². The van der Waals surface area contributed by atoms with Gasteiger partial charge in [-0.3, -0.25) is 0 Å². The third-order valence-electron chi connectivity index (χ3n) is 3.12. The summed E-state index contributed by atoms with van der Waals surface area (Å²) in [6.07, 6.45) is 0.708. The van der Waals surface area contributed by atoms with Crippen molar-refractivity contribution in [2.24, 2.45) is 0 Å². The van der Waals surface area contributed by atoms with E-state index >= 15 is 0 Å². The smallest absolute Gasteiger partial charge is 0.122 e. The van der Waals surface area contributed by atoms with Crippen molar-refractivity contribution in [2.45, 2.75) is 26.9 Å². The molecule has 2 N–H and O–H groups in total. The molecule has 0 aliphatic rings. The first-order valence-electron chi connectivity index (χ1n) is 6.08. The molecule has 0 aromatic heterocycles. The number of phenols is 1. The van der Waals surface area contributed by atoms with Crippen LogP contribution in [0.25, 0.3) is 0 Å². The van der Waals surface area contributed by atoms with Gasteiger partial charge in [0.25, 0.3) is 0 Å². The number of aliphatic hydroxyl groups excluding tert-OH is 1. The molecule has 94 valence electrons. The van der Waals surface area contributed by atoms with E-state index in [1.807, 2.05) is 50.2 Å². The van der Waals surface area contributed by atoms with Crippen LogP contribution in [0.1, 0.15) is 27.8 Å². The molecular formula is C16H18O2. The summed E-state index contributed by atoms with van der Waals surface area (Å²) in [4.78, 5) is 0. The van der Waals surface area contributed by atoms with Crippen LogP contribution >= 0.6 is 0 Å². The number of phenolic OH excluding ortho intramolecular Hbond substituents is 1. The van der Waals surface area contributed by atoms with Crippen LogP contribution < -0.4 is 0 Å². The predicted octanol–water partition coefficient (Wildman–Crippen LogP) is 3.09. The highest BCUT2D eigenvalue weighted by Crippen LogP contribution is 2.26. The maximum absolute atomic E-state index is 10.0. The van der Waals surface area contributed by atoms with Crippen LogP contribution in [0.15, 0.2) is 36.4 Å². The molecule has 18 heavy (non-hydrogen) atoms. The number of hydrogen-bond acceptors (Lipinski definition) is 2. The van der Waals surface area contributed by atoms with Gasteiger partial charge in [0.05, 0.1) is 6.61 Å². The van der Waals surface area contributed by atoms with Crippen molar-refractivity contribution in [3.8, 4) is 5.75 Å². The molecule has 2 rings (SSSR count). The van der Waals surface area contributed by atoms with Gasteiger partial charge in [-0.25, -0.2) is 0 Å². The second-order valence-electron chi connectivity index (χ2n) is 4.74. The lowest BCUT2D eigenvalue weighted by Crippen LogP contribution is -1.93. The molecule has 0 aliphatic heterocycles. The Balaban J connectivity index is 2.27. The van der Waals surface area contributed by atoms with Crippen LogP contribution in [-0.2, 0) is 13.0 Å². The van der Waals surface area contributed by atoms with E-state index in [4.69, 9.17) is 5.11 Å². The van der Waals surface area contributed by atoms with E-state index in [2.05, 4.69) is 0 Å². The summed E-state index contributed by atoms with van der Waals surface area (Å²) in [7, 11) is 0. The first-order valence-corrected chi connectivity index (χ1v) is 6.08. The molecular weight excluding hydrogens is 224 g/mol. The molecule has 0 radical (unpaired) electrons. The Kier molecular flexibility index (Phi) is 3.68. The molecule has 0 atom stereocenters. The van der Waals surface area contributed by atoms with Gasteiger partial charge in [0.1, 0.15) is 5.75 Å². The number of rotatable bonds is 3. The van der Waals surface area contributed by atoms with E-state index in [9.17, 15) is 5.11 Å². The SMILES string of the molecule is Cc1cc(C)c(O)c(Cc2ccc(CO)cc2)c1. The Morgan fingerprint density at radius 1 is 0.944 bits per heavy atom. The Hall–Kier alpha value is -1.80. The van der Waals surface area contributed by atoms with Crippen LogP contribution in [0.5, 0.6) is 5.75 Å². The fourth-order valence-electron chi connectivity index (χ4n) is 2.17. The molecule has 0 aliphatic carbocycles. The normalized spacial score (nSPS) is 10.6. The van der Waals surface area contributed by atoms with Crippen LogP contribution in [-0.4, -0.2) is 10.2 Å². The van der Waals surface area contributed by atoms with E-state index < -0.39 is 0 Å². The van der Waals surface area contributed by atoms with E-state index in [0.717, 1.165) is 27.8 Å². The summed E-state index contributed by atoms with van der Waals surface area (Å²) >= 11 is 0. The summed E-state index contributed by atoms with van der Waals surface area (Å²) in [6, 6.07) is 11.8. The third kappa shape index (κ3) is 2.71. The summed E-state index contributed by atoms with van der Waals surface area (Å²) in [5, 5.41) is 19.0. The number of aliphatic hydroxyl groups is 1.